The second-order valence-electron chi connectivity index (χ2n) is 6.07. The normalized spacial score (nSPS) is 12.0. The fourth-order valence-electron chi connectivity index (χ4n) is 2.26. The third-order valence-electron chi connectivity index (χ3n) is 3.64. The van der Waals surface area contributed by atoms with E-state index in [4.69, 9.17) is 22.1 Å². The van der Waals surface area contributed by atoms with Crippen LogP contribution in [0.15, 0.2) is 48.5 Å². The molecule has 6 heteroatoms. The summed E-state index contributed by atoms with van der Waals surface area (Å²) in [6.45, 7) is 1.34. The molecule has 0 aromatic heterocycles. The topological polar surface area (TPSA) is 67.6 Å². The standard InChI is InChI=1S/C19H24ClN3O2/c1-23(2)10-11-25-18-9-8-15(12-16(18)20)22-19(24)13-17(21)14-6-4-3-5-7-14/h3-9,12,17H,10-11,13,21H2,1-2H3,(H,22,24). The molecule has 134 valence electrons. The minimum absolute atomic E-state index is 0.159. The Kier molecular flexibility index (Phi) is 7.25. The van der Waals surface area contributed by atoms with Gasteiger partial charge in [-0.1, -0.05) is 41.9 Å². The van der Waals surface area contributed by atoms with Gasteiger partial charge in [0.05, 0.1) is 5.02 Å². The number of benzene rings is 2. The van der Waals surface area contributed by atoms with E-state index in [1.165, 1.54) is 0 Å². The lowest BCUT2D eigenvalue weighted by atomic mass is 10.0. The van der Waals surface area contributed by atoms with E-state index < -0.39 is 0 Å². The molecule has 3 N–H and O–H groups in total. The molecule has 0 aliphatic carbocycles. The van der Waals surface area contributed by atoms with Crippen LogP contribution >= 0.6 is 11.6 Å². The number of ether oxygens (including phenoxy) is 1. The molecule has 0 aliphatic heterocycles. The van der Waals surface area contributed by atoms with E-state index in [0.717, 1.165) is 12.1 Å². The molecule has 2 rings (SSSR count). The van der Waals surface area contributed by atoms with Crippen molar-refractivity contribution in [2.24, 2.45) is 5.73 Å². The van der Waals surface area contributed by atoms with Gasteiger partial charge in [-0.05, 0) is 37.9 Å². The van der Waals surface area contributed by atoms with E-state index in [1.54, 1.807) is 18.2 Å². The van der Waals surface area contributed by atoms with Crippen LogP contribution in [0.5, 0.6) is 5.75 Å². The Labute approximate surface area is 153 Å². The molecule has 0 aliphatic rings. The summed E-state index contributed by atoms with van der Waals surface area (Å²) in [4.78, 5) is 14.2. The van der Waals surface area contributed by atoms with E-state index in [9.17, 15) is 4.79 Å². The number of halogens is 1. The second kappa shape index (κ2) is 9.42. The quantitative estimate of drug-likeness (QED) is 0.757. The first kappa shape index (κ1) is 19.2. The van der Waals surface area contributed by atoms with E-state index in [-0.39, 0.29) is 18.4 Å². The lowest BCUT2D eigenvalue weighted by molar-refractivity contribution is -0.116. The van der Waals surface area contributed by atoms with Gasteiger partial charge in [-0.15, -0.1) is 0 Å². The summed E-state index contributed by atoms with van der Waals surface area (Å²) in [5.74, 6) is 0.441. The number of amides is 1. The third-order valence-corrected chi connectivity index (χ3v) is 3.94. The highest BCUT2D eigenvalue weighted by atomic mass is 35.5. The maximum atomic E-state index is 12.2. The van der Waals surface area contributed by atoms with Gasteiger partial charge in [-0.3, -0.25) is 4.79 Å². The highest BCUT2D eigenvalue weighted by Crippen LogP contribution is 2.28. The van der Waals surface area contributed by atoms with Crippen LogP contribution in [0.1, 0.15) is 18.0 Å². The molecule has 1 amide bonds. The first-order valence-corrected chi connectivity index (χ1v) is 8.51. The van der Waals surface area contributed by atoms with Crippen molar-refractivity contribution in [2.75, 3.05) is 32.6 Å². The number of hydrogen-bond donors (Lipinski definition) is 2. The molecule has 0 radical (unpaired) electrons. The monoisotopic (exact) mass is 361 g/mol. The second-order valence-corrected chi connectivity index (χ2v) is 6.47. The highest BCUT2D eigenvalue weighted by molar-refractivity contribution is 6.32. The average Bonchev–Trinajstić information content (AvgIpc) is 2.57. The number of nitrogens with zero attached hydrogens (tertiary/aromatic N) is 1. The number of carbonyl (C=O) groups is 1. The smallest absolute Gasteiger partial charge is 0.226 e. The van der Waals surface area contributed by atoms with E-state index in [0.29, 0.717) is 23.1 Å². The molecule has 1 unspecified atom stereocenters. The van der Waals surface area contributed by atoms with Crippen LogP contribution in [0.4, 0.5) is 5.69 Å². The third kappa shape index (κ3) is 6.38. The number of anilines is 1. The molecule has 0 saturated heterocycles. The highest BCUT2D eigenvalue weighted by Gasteiger charge is 2.12. The number of carbonyl (C=O) groups excluding carboxylic acids is 1. The Morgan fingerprint density at radius 3 is 2.60 bits per heavy atom. The number of nitrogens with two attached hydrogens (primary N) is 1. The summed E-state index contributed by atoms with van der Waals surface area (Å²) in [6.07, 6.45) is 0.197. The van der Waals surface area contributed by atoms with Crippen molar-refractivity contribution >= 4 is 23.2 Å². The van der Waals surface area contributed by atoms with Gasteiger partial charge in [-0.25, -0.2) is 0 Å². The van der Waals surface area contributed by atoms with Gasteiger partial charge in [0.1, 0.15) is 12.4 Å². The van der Waals surface area contributed by atoms with Gasteiger partial charge in [0.25, 0.3) is 0 Å². The predicted octanol–water partition coefficient (Wildman–Crippen LogP) is 3.31. The van der Waals surface area contributed by atoms with Crippen LogP contribution in [-0.4, -0.2) is 38.1 Å². The summed E-state index contributed by atoms with van der Waals surface area (Å²) in [5, 5.41) is 3.28. The first-order valence-electron chi connectivity index (χ1n) is 8.13. The fraction of sp³-hybridized carbons (Fsp3) is 0.316. The van der Waals surface area contributed by atoms with Crippen molar-refractivity contribution in [3.05, 3.63) is 59.1 Å². The lowest BCUT2D eigenvalue weighted by Gasteiger charge is -2.14. The van der Waals surface area contributed by atoms with Crippen LogP contribution in [0.25, 0.3) is 0 Å². The molecule has 5 nitrogen and oxygen atoms in total. The minimum atomic E-state index is -0.342. The van der Waals surface area contributed by atoms with Crippen molar-refractivity contribution in [1.29, 1.82) is 0 Å². The maximum Gasteiger partial charge on any atom is 0.226 e. The molecule has 25 heavy (non-hydrogen) atoms. The minimum Gasteiger partial charge on any atom is -0.491 e. The number of nitrogens with one attached hydrogen (secondary N) is 1. The van der Waals surface area contributed by atoms with Crippen molar-refractivity contribution in [3.8, 4) is 5.75 Å². The fourth-order valence-corrected chi connectivity index (χ4v) is 2.50. The SMILES string of the molecule is CN(C)CCOc1ccc(NC(=O)CC(N)c2ccccc2)cc1Cl. The Bertz CT molecular complexity index is 692. The van der Waals surface area contributed by atoms with Gasteiger partial charge < -0.3 is 20.7 Å². The Hall–Kier alpha value is -2.08. The van der Waals surface area contributed by atoms with E-state index in [1.807, 2.05) is 49.3 Å². The zero-order chi connectivity index (χ0) is 18.2. The number of rotatable bonds is 8. The Balaban J connectivity index is 1.89. The van der Waals surface area contributed by atoms with Crippen molar-refractivity contribution in [2.45, 2.75) is 12.5 Å². The number of hydrogen-bond acceptors (Lipinski definition) is 4. The van der Waals surface area contributed by atoms with E-state index >= 15 is 0 Å². The van der Waals surface area contributed by atoms with Gasteiger partial charge >= 0.3 is 0 Å². The van der Waals surface area contributed by atoms with Crippen LogP contribution < -0.4 is 15.8 Å². The summed E-state index contributed by atoms with van der Waals surface area (Å²) < 4.78 is 5.62. The largest absolute Gasteiger partial charge is 0.491 e. The molecule has 0 bridgehead atoms. The van der Waals surface area contributed by atoms with Crippen LogP contribution in [0.3, 0.4) is 0 Å². The molecule has 0 heterocycles. The van der Waals surface area contributed by atoms with Crippen LogP contribution in [0, 0.1) is 0 Å². The summed E-state index contributed by atoms with van der Waals surface area (Å²) in [7, 11) is 3.95. The number of likely N-dealkylation sites (N-methyl/N-ethyl adjacent to an activating group) is 1. The zero-order valence-corrected chi connectivity index (χ0v) is 15.3. The van der Waals surface area contributed by atoms with Gasteiger partial charge in [0.15, 0.2) is 0 Å². The predicted molar refractivity (Wildman–Crippen MR) is 102 cm³/mol. The average molecular weight is 362 g/mol. The molecule has 1 atom stereocenters. The lowest BCUT2D eigenvalue weighted by Crippen LogP contribution is -2.20. The van der Waals surface area contributed by atoms with Crippen molar-refractivity contribution in [1.82, 2.24) is 4.90 Å². The molecule has 2 aromatic carbocycles. The zero-order valence-electron chi connectivity index (χ0n) is 14.5. The van der Waals surface area contributed by atoms with Gasteiger partial charge in [0, 0.05) is 24.7 Å². The van der Waals surface area contributed by atoms with Crippen LogP contribution in [-0.2, 0) is 4.79 Å². The van der Waals surface area contributed by atoms with Crippen molar-refractivity contribution in [3.63, 3.8) is 0 Å². The summed E-state index contributed by atoms with van der Waals surface area (Å²) >= 11 is 6.22. The Morgan fingerprint density at radius 2 is 1.96 bits per heavy atom. The molecule has 0 saturated carbocycles. The molecule has 2 aromatic rings. The van der Waals surface area contributed by atoms with Gasteiger partial charge in [-0.2, -0.15) is 0 Å². The van der Waals surface area contributed by atoms with Crippen molar-refractivity contribution < 1.29 is 9.53 Å². The molecular formula is C19H24ClN3O2. The summed E-state index contributed by atoms with van der Waals surface area (Å²) in [6, 6.07) is 14.4. The first-order chi connectivity index (χ1) is 12.0. The van der Waals surface area contributed by atoms with Crippen LogP contribution in [0.2, 0.25) is 5.02 Å². The van der Waals surface area contributed by atoms with E-state index in [2.05, 4.69) is 5.32 Å². The summed E-state index contributed by atoms with van der Waals surface area (Å²) in [5.41, 5.74) is 7.62. The molecule has 0 fully saturated rings. The van der Waals surface area contributed by atoms with Gasteiger partial charge in [0.2, 0.25) is 5.91 Å². The molecule has 0 spiro atoms. The maximum absolute atomic E-state index is 12.2. The molecular weight excluding hydrogens is 338 g/mol. The Morgan fingerprint density at radius 1 is 1.24 bits per heavy atom.